The van der Waals surface area contributed by atoms with Crippen molar-refractivity contribution in [2.24, 2.45) is 0 Å². The maximum Gasteiger partial charge on any atom is 0.0456 e. The van der Waals surface area contributed by atoms with Crippen LogP contribution in [0.25, 0.3) is 17.2 Å². The fourth-order valence-corrected chi connectivity index (χ4v) is 5.62. The molecule has 1 nitrogen and oxygen atoms in total. The van der Waals surface area contributed by atoms with E-state index in [2.05, 4.69) is 209 Å². The van der Waals surface area contributed by atoms with Crippen LogP contribution in [-0.4, -0.2) is 0 Å². The van der Waals surface area contributed by atoms with Gasteiger partial charge in [0.05, 0.1) is 0 Å². The molecule has 0 N–H and O–H groups in total. The summed E-state index contributed by atoms with van der Waals surface area (Å²) in [6.45, 7) is 8.52. The molecule has 0 atom stereocenters. The van der Waals surface area contributed by atoms with Gasteiger partial charge in [0.25, 0.3) is 0 Å². The summed E-state index contributed by atoms with van der Waals surface area (Å²) in [5, 5.41) is 0. The minimum Gasteiger partial charge on any atom is -0.317 e. The topological polar surface area (TPSA) is 3.24 Å². The van der Waals surface area contributed by atoms with Gasteiger partial charge < -0.3 is 4.90 Å². The molecule has 1 heteroatoms. The SMILES string of the molecule is Cc1ccc(C(=C/C=C/c2ccc(N(C=C(c3ccc(C)cc3)c3ccc(C)cc3)c3ccccc3)cc2)c2ccc(C)cc2)cc1. The van der Waals surface area contributed by atoms with Crippen LogP contribution in [-0.2, 0) is 0 Å². The molecule has 0 aliphatic rings. The highest BCUT2D eigenvalue weighted by Gasteiger charge is 2.12. The lowest BCUT2D eigenvalue weighted by Crippen LogP contribution is -2.10. The third-order valence-corrected chi connectivity index (χ3v) is 8.47. The first-order chi connectivity index (χ1) is 22.9. The summed E-state index contributed by atoms with van der Waals surface area (Å²) < 4.78 is 0. The van der Waals surface area contributed by atoms with Crippen LogP contribution in [0.3, 0.4) is 0 Å². The molecular weight excluding hydrogens is 567 g/mol. The normalized spacial score (nSPS) is 10.9. The van der Waals surface area contributed by atoms with Crippen molar-refractivity contribution in [3.05, 3.63) is 220 Å². The number of hydrogen-bond donors (Lipinski definition) is 0. The summed E-state index contributed by atoms with van der Waals surface area (Å²) in [7, 11) is 0. The van der Waals surface area contributed by atoms with Crippen molar-refractivity contribution in [1.29, 1.82) is 0 Å². The molecule has 0 unspecified atom stereocenters. The van der Waals surface area contributed by atoms with E-state index in [1.807, 2.05) is 0 Å². The Hall–Kier alpha value is -5.66. The van der Waals surface area contributed by atoms with Gasteiger partial charge in [0.2, 0.25) is 0 Å². The van der Waals surface area contributed by atoms with Crippen molar-refractivity contribution < 1.29 is 0 Å². The fourth-order valence-electron chi connectivity index (χ4n) is 5.62. The molecule has 0 radical (unpaired) electrons. The van der Waals surface area contributed by atoms with Gasteiger partial charge in [-0.25, -0.2) is 0 Å². The van der Waals surface area contributed by atoms with Gasteiger partial charge >= 0.3 is 0 Å². The first kappa shape index (κ1) is 31.3. The summed E-state index contributed by atoms with van der Waals surface area (Å²) in [6, 6.07) is 54.5. The Morgan fingerprint density at radius 3 is 1.21 bits per heavy atom. The van der Waals surface area contributed by atoms with E-state index in [1.54, 1.807) is 0 Å². The number of rotatable bonds is 9. The summed E-state index contributed by atoms with van der Waals surface area (Å²) in [5.41, 5.74) is 15.5. The van der Waals surface area contributed by atoms with E-state index >= 15 is 0 Å². The third kappa shape index (κ3) is 7.95. The zero-order valence-corrected chi connectivity index (χ0v) is 27.7. The van der Waals surface area contributed by atoms with Crippen molar-refractivity contribution in [2.75, 3.05) is 4.90 Å². The molecule has 0 aliphatic carbocycles. The smallest absolute Gasteiger partial charge is 0.0456 e. The Kier molecular flexibility index (Phi) is 9.75. The molecule has 0 aromatic heterocycles. The maximum absolute atomic E-state index is 2.29. The second-order valence-corrected chi connectivity index (χ2v) is 12.2. The van der Waals surface area contributed by atoms with Crippen molar-refractivity contribution in [3.63, 3.8) is 0 Å². The third-order valence-electron chi connectivity index (χ3n) is 8.47. The molecule has 230 valence electrons. The van der Waals surface area contributed by atoms with E-state index in [0.717, 1.165) is 16.9 Å². The van der Waals surface area contributed by atoms with Gasteiger partial charge in [-0.15, -0.1) is 0 Å². The number of hydrogen-bond acceptors (Lipinski definition) is 1. The van der Waals surface area contributed by atoms with Crippen molar-refractivity contribution in [1.82, 2.24) is 0 Å². The van der Waals surface area contributed by atoms with E-state index < -0.39 is 0 Å². The summed E-state index contributed by atoms with van der Waals surface area (Å²) in [4.78, 5) is 2.29. The lowest BCUT2D eigenvalue weighted by molar-refractivity contribution is 1.28. The van der Waals surface area contributed by atoms with Gasteiger partial charge in [-0.3, -0.25) is 0 Å². The largest absolute Gasteiger partial charge is 0.317 e. The molecule has 0 saturated carbocycles. The predicted octanol–water partition coefficient (Wildman–Crippen LogP) is 12.3. The van der Waals surface area contributed by atoms with E-state index in [4.69, 9.17) is 0 Å². The number of benzene rings is 6. The first-order valence-corrected chi connectivity index (χ1v) is 16.3. The number of nitrogens with zero attached hydrogens (tertiary/aromatic N) is 1. The van der Waals surface area contributed by atoms with Gasteiger partial charge in [-0.1, -0.05) is 168 Å². The molecule has 0 bridgehead atoms. The predicted molar refractivity (Wildman–Crippen MR) is 203 cm³/mol. The molecule has 6 aromatic rings. The Labute approximate surface area is 280 Å². The summed E-state index contributed by atoms with van der Waals surface area (Å²) in [5.74, 6) is 0. The van der Waals surface area contributed by atoms with Gasteiger partial charge in [0, 0.05) is 23.1 Å². The number of para-hydroxylation sites is 1. The minimum absolute atomic E-state index is 1.10. The van der Waals surface area contributed by atoms with Crippen LogP contribution in [0.15, 0.2) is 170 Å². The van der Waals surface area contributed by atoms with E-state index in [0.29, 0.717) is 0 Å². The van der Waals surface area contributed by atoms with Crippen LogP contribution < -0.4 is 4.90 Å². The van der Waals surface area contributed by atoms with Crippen LogP contribution in [0.4, 0.5) is 11.4 Å². The van der Waals surface area contributed by atoms with Gasteiger partial charge in [0.15, 0.2) is 0 Å². The summed E-state index contributed by atoms with van der Waals surface area (Å²) >= 11 is 0. The van der Waals surface area contributed by atoms with Crippen LogP contribution in [0.5, 0.6) is 0 Å². The van der Waals surface area contributed by atoms with E-state index in [9.17, 15) is 0 Å². The Balaban J connectivity index is 1.35. The fraction of sp³-hybridized carbons (Fsp3) is 0.0870. The van der Waals surface area contributed by atoms with Gasteiger partial charge in [0.1, 0.15) is 0 Å². The standard InChI is InChI=1S/C46H41N/c1-34-13-23-39(24-14-34)45(40-25-15-35(2)16-26-40)12-8-9-38-21-31-44(32-22-38)47(43-10-6-5-7-11-43)33-46(41-27-17-36(3)18-28-41)42-29-19-37(4)20-30-42/h5-33H,1-4H3/b9-8+. The molecule has 0 fully saturated rings. The Morgan fingerprint density at radius 2 is 0.787 bits per heavy atom. The molecule has 6 aromatic carbocycles. The average Bonchev–Trinajstić information content (AvgIpc) is 3.10. The average molecular weight is 608 g/mol. The zero-order valence-electron chi connectivity index (χ0n) is 27.7. The molecule has 0 saturated heterocycles. The van der Waals surface area contributed by atoms with E-state index in [1.165, 1.54) is 55.7 Å². The van der Waals surface area contributed by atoms with Crippen LogP contribution in [0, 0.1) is 27.7 Å². The lowest BCUT2D eigenvalue weighted by atomic mass is 9.96. The molecule has 0 spiro atoms. The minimum atomic E-state index is 1.10. The summed E-state index contributed by atoms with van der Waals surface area (Å²) in [6.07, 6.45) is 8.83. The Bertz CT molecular complexity index is 1900. The molecular formula is C46H41N. The molecule has 0 aliphatic heterocycles. The second-order valence-electron chi connectivity index (χ2n) is 12.2. The first-order valence-electron chi connectivity index (χ1n) is 16.3. The van der Waals surface area contributed by atoms with Crippen molar-refractivity contribution in [3.8, 4) is 0 Å². The van der Waals surface area contributed by atoms with E-state index in [-0.39, 0.29) is 0 Å². The Morgan fingerprint density at radius 1 is 0.404 bits per heavy atom. The molecule has 47 heavy (non-hydrogen) atoms. The van der Waals surface area contributed by atoms with Crippen molar-refractivity contribution >= 4 is 28.6 Å². The molecule has 0 amide bonds. The lowest BCUT2D eigenvalue weighted by Gasteiger charge is -2.23. The van der Waals surface area contributed by atoms with Crippen LogP contribution in [0.2, 0.25) is 0 Å². The van der Waals surface area contributed by atoms with Gasteiger partial charge in [-0.2, -0.15) is 0 Å². The van der Waals surface area contributed by atoms with Gasteiger partial charge in [-0.05, 0) is 85.4 Å². The zero-order chi connectivity index (χ0) is 32.6. The highest BCUT2D eigenvalue weighted by Crippen LogP contribution is 2.32. The number of anilines is 2. The van der Waals surface area contributed by atoms with Crippen LogP contribution in [0.1, 0.15) is 50.1 Å². The second kappa shape index (κ2) is 14.6. The highest BCUT2D eigenvalue weighted by molar-refractivity contribution is 5.85. The molecule has 6 rings (SSSR count). The monoisotopic (exact) mass is 607 g/mol. The maximum atomic E-state index is 2.29. The number of allylic oxidation sites excluding steroid dienone is 2. The van der Waals surface area contributed by atoms with Crippen molar-refractivity contribution in [2.45, 2.75) is 27.7 Å². The van der Waals surface area contributed by atoms with Crippen LogP contribution >= 0.6 is 0 Å². The highest BCUT2D eigenvalue weighted by atomic mass is 15.1. The number of aryl methyl sites for hydroxylation is 4. The quantitative estimate of drug-likeness (QED) is 0.148. The molecule has 0 heterocycles.